The van der Waals surface area contributed by atoms with Crippen LogP contribution >= 0.6 is 0 Å². The molecular weight excluding hydrogens is 451 g/mol. The topological polar surface area (TPSA) is 95.9 Å². The monoisotopic (exact) mass is 474 g/mol. The number of ether oxygens (including phenoxy) is 1. The minimum absolute atomic E-state index is 0.00108. The van der Waals surface area contributed by atoms with Crippen LogP contribution in [0.25, 0.3) is 0 Å². The number of carbonyl (C=O) groups is 3. The number of halogens is 1. The fourth-order valence-corrected chi connectivity index (χ4v) is 5.32. The van der Waals surface area contributed by atoms with Crippen molar-refractivity contribution in [2.75, 3.05) is 12.0 Å². The predicted octanol–water partition coefficient (Wildman–Crippen LogP) is 3.35. The maximum atomic E-state index is 13.8. The highest BCUT2D eigenvalue weighted by Crippen LogP contribution is 2.51. The third-order valence-electron chi connectivity index (χ3n) is 6.90. The summed E-state index contributed by atoms with van der Waals surface area (Å²) in [5.41, 5.74) is -0.175. The molecule has 2 heterocycles. The molecule has 2 N–H and O–H groups in total. The van der Waals surface area contributed by atoms with Gasteiger partial charge in [0.15, 0.2) is 0 Å². The summed E-state index contributed by atoms with van der Waals surface area (Å²) in [4.78, 5) is 41.4. The van der Waals surface area contributed by atoms with Gasteiger partial charge in [-0.3, -0.25) is 19.7 Å². The van der Waals surface area contributed by atoms with Gasteiger partial charge in [-0.05, 0) is 47.5 Å². The molecule has 5 rings (SSSR count). The summed E-state index contributed by atoms with van der Waals surface area (Å²) in [5, 5.41) is 13.7. The summed E-state index contributed by atoms with van der Waals surface area (Å²) < 4.78 is 18.9. The fraction of sp³-hybridized carbons (Fsp3) is 0.222. The lowest BCUT2D eigenvalue weighted by atomic mass is 9.76. The third kappa shape index (κ3) is 3.66. The number of nitrogens with zero attached hydrogens (tertiary/aromatic N) is 1. The number of nitrogens with one attached hydrogen (secondary N) is 1. The predicted molar refractivity (Wildman–Crippen MR) is 125 cm³/mol. The molecule has 3 aromatic rings. The van der Waals surface area contributed by atoms with Gasteiger partial charge < -0.3 is 9.84 Å². The second-order valence-electron chi connectivity index (χ2n) is 8.83. The number of hydrogen-bond acceptors (Lipinski definition) is 5. The molecule has 0 saturated carbocycles. The van der Waals surface area contributed by atoms with E-state index < -0.39 is 47.0 Å². The van der Waals surface area contributed by atoms with Crippen LogP contribution in [0.1, 0.15) is 17.2 Å². The molecule has 178 valence electrons. The smallest absolute Gasteiger partial charge is 0.325 e. The van der Waals surface area contributed by atoms with Crippen LogP contribution in [0.15, 0.2) is 78.9 Å². The largest absolute Gasteiger partial charge is 0.497 e. The highest BCUT2D eigenvalue weighted by atomic mass is 19.1. The van der Waals surface area contributed by atoms with E-state index in [-0.39, 0.29) is 12.1 Å². The highest BCUT2D eigenvalue weighted by Gasteiger charge is 2.68. The molecule has 3 aromatic carbocycles. The molecule has 2 amide bonds. The maximum absolute atomic E-state index is 13.8. The molecule has 0 radical (unpaired) electrons. The van der Waals surface area contributed by atoms with Crippen molar-refractivity contribution < 1.29 is 28.6 Å². The zero-order valence-electron chi connectivity index (χ0n) is 18.9. The van der Waals surface area contributed by atoms with E-state index in [1.165, 1.54) is 19.2 Å². The summed E-state index contributed by atoms with van der Waals surface area (Å²) in [6.45, 7) is 0. The number of carboxylic acid groups (broad SMARTS) is 1. The molecule has 0 aromatic heterocycles. The van der Waals surface area contributed by atoms with E-state index in [9.17, 15) is 23.9 Å². The van der Waals surface area contributed by atoms with Gasteiger partial charge in [0, 0.05) is 12.5 Å². The molecule has 2 saturated heterocycles. The van der Waals surface area contributed by atoms with Crippen LogP contribution in [-0.4, -0.2) is 35.5 Å². The molecule has 2 fully saturated rings. The first-order valence-corrected chi connectivity index (χ1v) is 11.2. The molecule has 8 heteroatoms. The summed E-state index contributed by atoms with van der Waals surface area (Å²) in [5.74, 6) is -4.47. The van der Waals surface area contributed by atoms with Gasteiger partial charge in [0.25, 0.3) is 0 Å². The van der Waals surface area contributed by atoms with Crippen LogP contribution in [0, 0.1) is 17.7 Å². The van der Waals surface area contributed by atoms with Crippen LogP contribution in [0.3, 0.4) is 0 Å². The zero-order valence-corrected chi connectivity index (χ0v) is 18.9. The number of fused-ring (bicyclic) bond motifs is 1. The molecule has 0 aliphatic carbocycles. The number of anilines is 1. The van der Waals surface area contributed by atoms with Crippen molar-refractivity contribution >= 4 is 23.5 Å². The SMILES string of the molecule is COc1cccc([C@@H]2N[C@](Cc3ccccc3)(C(=O)O)[C@@H]3C(=O)N(c4ccc(F)cc4)C(=O)[C@H]32)c1. The Labute approximate surface area is 201 Å². The Bertz CT molecular complexity index is 1300. The first-order valence-electron chi connectivity index (χ1n) is 11.2. The number of hydrogen-bond donors (Lipinski definition) is 2. The van der Waals surface area contributed by atoms with E-state index in [0.717, 1.165) is 17.0 Å². The van der Waals surface area contributed by atoms with E-state index in [1.54, 1.807) is 48.5 Å². The number of aliphatic carboxylic acids is 1. The van der Waals surface area contributed by atoms with E-state index in [2.05, 4.69) is 5.32 Å². The molecule has 0 spiro atoms. The van der Waals surface area contributed by atoms with Gasteiger partial charge in [0.2, 0.25) is 11.8 Å². The molecular formula is C27H23FN2O5. The van der Waals surface area contributed by atoms with Crippen LogP contribution < -0.4 is 15.0 Å². The minimum Gasteiger partial charge on any atom is -0.497 e. The third-order valence-corrected chi connectivity index (χ3v) is 6.90. The average Bonchev–Trinajstić information content (AvgIpc) is 3.34. The van der Waals surface area contributed by atoms with Gasteiger partial charge in [-0.1, -0.05) is 42.5 Å². The fourth-order valence-electron chi connectivity index (χ4n) is 5.32. The number of imide groups is 1. The van der Waals surface area contributed by atoms with Crippen molar-refractivity contribution in [3.63, 3.8) is 0 Å². The Balaban J connectivity index is 1.66. The number of carboxylic acids is 1. The molecule has 2 aliphatic heterocycles. The second-order valence-corrected chi connectivity index (χ2v) is 8.83. The molecule has 0 unspecified atom stereocenters. The van der Waals surface area contributed by atoms with Crippen LogP contribution in [0.4, 0.5) is 10.1 Å². The quantitative estimate of drug-likeness (QED) is 0.532. The Morgan fingerprint density at radius 1 is 1.03 bits per heavy atom. The number of rotatable bonds is 6. The van der Waals surface area contributed by atoms with Crippen molar-refractivity contribution in [1.29, 1.82) is 0 Å². The van der Waals surface area contributed by atoms with E-state index in [0.29, 0.717) is 16.9 Å². The second kappa shape index (κ2) is 8.63. The van der Waals surface area contributed by atoms with Crippen molar-refractivity contribution in [2.45, 2.75) is 18.0 Å². The number of methoxy groups -OCH3 is 1. The summed E-state index contributed by atoms with van der Waals surface area (Å²) >= 11 is 0. The Morgan fingerprint density at radius 2 is 1.74 bits per heavy atom. The number of carbonyl (C=O) groups excluding carboxylic acids is 2. The Kier molecular flexibility index (Phi) is 5.61. The van der Waals surface area contributed by atoms with Gasteiger partial charge in [-0.25, -0.2) is 9.29 Å². The van der Waals surface area contributed by atoms with E-state index in [4.69, 9.17) is 4.74 Å². The lowest BCUT2D eigenvalue weighted by Crippen LogP contribution is -2.57. The first kappa shape index (κ1) is 22.7. The summed E-state index contributed by atoms with van der Waals surface area (Å²) in [6.07, 6.45) is 0.00108. The normalized spacial score (nSPS) is 25.5. The van der Waals surface area contributed by atoms with E-state index >= 15 is 0 Å². The molecule has 4 atom stereocenters. The Hall–Kier alpha value is -4.04. The van der Waals surface area contributed by atoms with Gasteiger partial charge in [-0.15, -0.1) is 0 Å². The van der Waals surface area contributed by atoms with Gasteiger partial charge in [-0.2, -0.15) is 0 Å². The van der Waals surface area contributed by atoms with Gasteiger partial charge in [0.1, 0.15) is 17.1 Å². The average molecular weight is 474 g/mol. The summed E-state index contributed by atoms with van der Waals surface area (Å²) in [6, 6.07) is 20.3. The lowest BCUT2D eigenvalue weighted by Gasteiger charge is -2.31. The van der Waals surface area contributed by atoms with Crippen molar-refractivity contribution in [2.24, 2.45) is 11.8 Å². The number of benzene rings is 3. The van der Waals surface area contributed by atoms with Crippen molar-refractivity contribution in [1.82, 2.24) is 5.32 Å². The van der Waals surface area contributed by atoms with Crippen molar-refractivity contribution in [3.8, 4) is 5.75 Å². The van der Waals surface area contributed by atoms with Crippen LogP contribution in [0.2, 0.25) is 0 Å². The molecule has 35 heavy (non-hydrogen) atoms. The van der Waals surface area contributed by atoms with Crippen LogP contribution in [0.5, 0.6) is 5.75 Å². The highest BCUT2D eigenvalue weighted by molar-refractivity contribution is 6.24. The van der Waals surface area contributed by atoms with E-state index in [1.807, 2.05) is 6.07 Å². The number of amides is 2. The molecule has 2 aliphatic rings. The summed E-state index contributed by atoms with van der Waals surface area (Å²) in [7, 11) is 1.52. The van der Waals surface area contributed by atoms with Crippen molar-refractivity contribution in [3.05, 3.63) is 95.8 Å². The minimum atomic E-state index is -1.73. The molecule has 7 nitrogen and oxygen atoms in total. The van der Waals surface area contributed by atoms with Crippen LogP contribution in [-0.2, 0) is 20.8 Å². The van der Waals surface area contributed by atoms with Gasteiger partial charge in [0.05, 0.1) is 24.6 Å². The standard InChI is InChI=1S/C27H23FN2O5/c1-35-20-9-5-8-17(14-20)23-21-22(25(32)30(24(21)31)19-12-10-18(28)11-13-19)27(29-23,26(33)34)15-16-6-3-2-4-7-16/h2-14,21-23,29H,15H2,1H3,(H,33,34)/t21-,22+,23+,27+/m1/s1. The first-order chi connectivity index (χ1) is 16.9. The zero-order chi connectivity index (χ0) is 24.7. The Morgan fingerprint density at radius 3 is 2.40 bits per heavy atom. The van der Waals surface area contributed by atoms with Gasteiger partial charge >= 0.3 is 5.97 Å². The molecule has 0 bridgehead atoms. The maximum Gasteiger partial charge on any atom is 0.325 e. The lowest BCUT2D eigenvalue weighted by molar-refractivity contribution is -0.148.